The number of nitrogens with one attached hydrogen (secondary N) is 2. The van der Waals surface area contributed by atoms with Crippen molar-refractivity contribution in [1.82, 2.24) is 20.1 Å². The number of fused-ring (bicyclic) bond motifs is 1. The van der Waals surface area contributed by atoms with Crippen LogP contribution in [0.4, 0.5) is 0 Å². The van der Waals surface area contributed by atoms with Crippen molar-refractivity contribution in [3.8, 4) is 0 Å². The molecule has 1 saturated carbocycles. The van der Waals surface area contributed by atoms with Crippen LogP contribution in [0.15, 0.2) is 77.7 Å². The Labute approximate surface area is 268 Å². The molecule has 0 aliphatic heterocycles. The second-order valence-electron chi connectivity index (χ2n) is 13.7. The molecule has 45 heavy (non-hydrogen) atoms. The normalized spacial score (nSPS) is 15.3. The molecule has 10 heteroatoms. The molecule has 1 aliphatic rings. The molecule has 0 heterocycles. The SMILES string of the molecule is CC(C)CN(C[C@@H](O)[C@H](Cc1ccccc1)N(NC(=O)CNC1CC1)C(=O)CC(C)(C)C)S(=O)(=O)c1ccc2ccccc2c1. The van der Waals surface area contributed by atoms with E-state index in [1.807, 2.05) is 89.2 Å². The topological polar surface area (TPSA) is 119 Å². The van der Waals surface area contributed by atoms with Crippen molar-refractivity contribution in [2.24, 2.45) is 11.3 Å². The minimum absolute atomic E-state index is 0.0353. The number of aliphatic hydroxyl groups excluding tert-OH is 1. The van der Waals surface area contributed by atoms with Crippen molar-refractivity contribution in [3.63, 3.8) is 0 Å². The Morgan fingerprint density at radius 1 is 0.933 bits per heavy atom. The molecule has 2 atom stereocenters. The zero-order valence-electron chi connectivity index (χ0n) is 27.1. The highest BCUT2D eigenvalue weighted by atomic mass is 32.2. The summed E-state index contributed by atoms with van der Waals surface area (Å²) in [6.07, 6.45) is 1.02. The van der Waals surface area contributed by atoms with E-state index in [1.165, 1.54) is 9.31 Å². The first-order valence-corrected chi connectivity index (χ1v) is 17.2. The molecular formula is C35H48N4O5S. The predicted octanol–water partition coefficient (Wildman–Crippen LogP) is 4.51. The van der Waals surface area contributed by atoms with Gasteiger partial charge in [0.15, 0.2) is 0 Å². The largest absolute Gasteiger partial charge is 0.390 e. The quantitative estimate of drug-likeness (QED) is 0.224. The first kappa shape index (κ1) is 34.6. The molecule has 0 bridgehead atoms. The molecule has 1 fully saturated rings. The van der Waals surface area contributed by atoms with Gasteiger partial charge in [0, 0.05) is 25.6 Å². The van der Waals surface area contributed by atoms with E-state index in [-0.39, 0.29) is 49.2 Å². The van der Waals surface area contributed by atoms with Crippen LogP contribution in [0, 0.1) is 11.3 Å². The third-order valence-electron chi connectivity index (χ3n) is 7.71. The van der Waals surface area contributed by atoms with Crippen molar-refractivity contribution in [2.75, 3.05) is 19.6 Å². The van der Waals surface area contributed by atoms with Crippen LogP contribution in [0.5, 0.6) is 0 Å². The van der Waals surface area contributed by atoms with Crippen LogP contribution in [0.2, 0.25) is 0 Å². The molecule has 1 aliphatic carbocycles. The van der Waals surface area contributed by atoms with Crippen LogP contribution in [-0.4, -0.2) is 72.5 Å². The Balaban J connectivity index is 1.68. The van der Waals surface area contributed by atoms with Crippen LogP contribution in [0.3, 0.4) is 0 Å². The van der Waals surface area contributed by atoms with Gasteiger partial charge in [-0.1, -0.05) is 95.3 Å². The molecule has 2 amide bonds. The van der Waals surface area contributed by atoms with Gasteiger partial charge < -0.3 is 10.4 Å². The number of carbonyl (C=O) groups is 2. The smallest absolute Gasteiger partial charge is 0.252 e. The fourth-order valence-corrected chi connectivity index (χ4v) is 6.97. The summed E-state index contributed by atoms with van der Waals surface area (Å²) in [7, 11) is -4.03. The first-order chi connectivity index (χ1) is 21.2. The number of carbonyl (C=O) groups excluding carboxylic acids is 2. The second-order valence-corrected chi connectivity index (χ2v) is 15.7. The molecule has 244 valence electrons. The van der Waals surface area contributed by atoms with Gasteiger partial charge in [0.05, 0.1) is 23.6 Å². The van der Waals surface area contributed by atoms with Crippen LogP contribution in [0.25, 0.3) is 10.8 Å². The maximum absolute atomic E-state index is 14.1. The van der Waals surface area contributed by atoms with Gasteiger partial charge in [-0.2, -0.15) is 4.31 Å². The predicted molar refractivity (Wildman–Crippen MR) is 178 cm³/mol. The maximum Gasteiger partial charge on any atom is 0.252 e. The molecule has 4 rings (SSSR count). The maximum atomic E-state index is 14.1. The summed E-state index contributed by atoms with van der Waals surface area (Å²) < 4.78 is 29.5. The van der Waals surface area contributed by atoms with Gasteiger partial charge in [-0.05, 0) is 59.1 Å². The third-order valence-corrected chi connectivity index (χ3v) is 9.53. The number of amides is 2. The van der Waals surface area contributed by atoms with E-state index >= 15 is 0 Å². The highest BCUT2D eigenvalue weighted by molar-refractivity contribution is 7.89. The summed E-state index contributed by atoms with van der Waals surface area (Å²) in [5.41, 5.74) is 3.23. The van der Waals surface area contributed by atoms with Crippen LogP contribution >= 0.6 is 0 Å². The monoisotopic (exact) mass is 636 g/mol. The molecule has 9 nitrogen and oxygen atoms in total. The van der Waals surface area contributed by atoms with E-state index in [0.29, 0.717) is 6.04 Å². The molecular weight excluding hydrogens is 588 g/mol. The van der Waals surface area contributed by atoms with Crippen molar-refractivity contribution < 1.29 is 23.1 Å². The minimum atomic E-state index is -4.03. The Morgan fingerprint density at radius 2 is 1.58 bits per heavy atom. The lowest BCUT2D eigenvalue weighted by Gasteiger charge is -2.38. The lowest BCUT2D eigenvalue weighted by molar-refractivity contribution is -0.149. The average molecular weight is 637 g/mol. The van der Waals surface area contributed by atoms with Gasteiger partial charge in [0.25, 0.3) is 5.91 Å². The number of hydrogen-bond acceptors (Lipinski definition) is 6. The number of hydrogen-bond donors (Lipinski definition) is 3. The summed E-state index contributed by atoms with van der Waals surface area (Å²) in [5, 5.41) is 18.1. The van der Waals surface area contributed by atoms with E-state index in [0.717, 1.165) is 29.2 Å². The molecule has 0 spiro atoms. The van der Waals surface area contributed by atoms with Gasteiger partial charge in [-0.3, -0.25) is 15.0 Å². The van der Waals surface area contributed by atoms with Gasteiger partial charge in [-0.25, -0.2) is 13.4 Å². The molecule has 3 aromatic carbocycles. The number of sulfonamides is 1. The van der Waals surface area contributed by atoms with Gasteiger partial charge in [-0.15, -0.1) is 0 Å². The second kappa shape index (κ2) is 14.9. The van der Waals surface area contributed by atoms with E-state index in [1.54, 1.807) is 18.2 Å². The Hall–Kier alpha value is -3.31. The Kier molecular flexibility index (Phi) is 11.4. The molecule has 0 aromatic heterocycles. The first-order valence-electron chi connectivity index (χ1n) is 15.8. The summed E-state index contributed by atoms with van der Waals surface area (Å²) in [6.45, 7) is 9.58. The van der Waals surface area contributed by atoms with Crippen molar-refractivity contribution in [1.29, 1.82) is 0 Å². The van der Waals surface area contributed by atoms with Gasteiger partial charge in [0.1, 0.15) is 0 Å². The van der Waals surface area contributed by atoms with E-state index in [4.69, 9.17) is 0 Å². The average Bonchev–Trinajstić information content (AvgIpc) is 3.81. The molecule has 0 saturated heterocycles. The number of aliphatic hydroxyl groups is 1. The molecule has 3 aromatic rings. The van der Waals surface area contributed by atoms with E-state index in [2.05, 4.69) is 10.7 Å². The lowest BCUT2D eigenvalue weighted by Crippen LogP contribution is -2.60. The zero-order chi connectivity index (χ0) is 32.8. The fraction of sp³-hybridized carbons (Fsp3) is 0.486. The highest BCUT2D eigenvalue weighted by Crippen LogP contribution is 2.26. The van der Waals surface area contributed by atoms with Crippen molar-refractivity contribution in [3.05, 3.63) is 78.4 Å². The summed E-state index contributed by atoms with van der Waals surface area (Å²) in [6, 6.07) is 21.3. The fourth-order valence-electron chi connectivity index (χ4n) is 5.31. The molecule has 0 unspecified atom stereocenters. The summed E-state index contributed by atoms with van der Waals surface area (Å²) in [5.74, 6) is -0.779. The van der Waals surface area contributed by atoms with Crippen LogP contribution in [0.1, 0.15) is 59.4 Å². The van der Waals surface area contributed by atoms with Crippen molar-refractivity contribution in [2.45, 2.75) is 83.4 Å². The standard InChI is InChI=1S/C35H48N4O5S/c1-25(2)23-38(45(43,44)30-18-15-27-13-9-10-14-28(27)20-30)24-32(40)31(19-26-11-7-6-8-12-26)39(34(42)21-35(3,4)5)37-33(41)22-36-29-16-17-29/h6-15,18,20,25,29,31-32,36,40H,16-17,19,21-24H2,1-5H3,(H,37,41)/t31-,32+/m0/s1. The Morgan fingerprint density at radius 3 is 2.20 bits per heavy atom. The Bertz CT molecular complexity index is 1550. The summed E-state index contributed by atoms with van der Waals surface area (Å²) in [4.78, 5) is 27.1. The number of hydrazine groups is 1. The zero-order valence-corrected chi connectivity index (χ0v) is 27.9. The van der Waals surface area contributed by atoms with Crippen LogP contribution < -0.4 is 10.7 Å². The third kappa shape index (κ3) is 10.1. The number of nitrogens with zero attached hydrogens (tertiary/aromatic N) is 2. The van der Waals surface area contributed by atoms with Crippen molar-refractivity contribution >= 4 is 32.6 Å². The van der Waals surface area contributed by atoms with E-state index in [9.17, 15) is 23.1 Å². The van der Waals surface area contributed by atoms with Crippen LogP contribution in [-0.2, 0) is 26.0 Å². The van der Waals surface area contributed by atoms with Gasteiger partial charge in [0.2, 0.25) is 15.9 Å². The number of rotatable bonds is 14. The highest BCUT2D eigenvalue weighted by Gasteiger charge is 2.37. The minimum Gasteiger partial charge on any atom is -0.390 e. The summed E-state index contributed by atoms with van der Waals surface area (Å²) >= 11 is 0. The number of benzene rings is 3. The van der Waals surface area contributed by atoms with Gasteiger partial charge >= 0.3 is 0 Å². The van der Waals surface area contributed by atoms with E-state index < -0.39 is 33.5 Å². The molecule has 0 radical (unpaired) electrons. The molecule has 3 N–H and O–H groups in total. The lowest BCUT2D eigenvalue weighted by atomic mass is 9.91.